The van der Waals surface area contributed by atoms with E-state index in [-0.39, 0.29) is 5.25 Å². The molecule has 0 saturated carbocycles. The maximum absolute atomic E-state index is 9.21. The molecule has 1 heterocycles. The predicted molar refractivity (Wildman–Crippen MR) is 71.0 cm³/mol. The number of hydrogen-bond donors (Lipinski definition) is 0. The van der Waals surface area contributed by atoms with E-state index in [0.29, 0.717) is 5.25 Å². The van der Waals surface area contributed by atoms with Crippen molar-refractivity contribution in [2.75, 3.05) is 13.2 Å². The fourth-order valence-corrected chi connectivity index (χ4v) is 3.29. The molecule has 1 aliphatic rings. The lowest BCUT2D eigenvalue weighted by molar-refractivity contribution is 0.101. The zero-order chi connectivity index (χ0) is 11.9. The highest BCUT2D eigenvalue weighted by Gasteiger charge is 2.19. The van der Waals surface area contributed by atoms with E-state index in [1.807, 2.05) is 18.2 Å². The molecule has 2 nitrogen and oxygen atoms in total. The summed E-state index contributed by atoms with van der Waals surface area (Å²) < 4.78 is 5.45. The van der Waals surface area contributed by atoms with Crippen molar-refractivity contribution in [1.29, 1.82) is 5.26 Å². The van der Waals surface area contributed by atoms with Crippen molar-refractivity contribution in [3.63, 3.8) is 0 Å². The summed E-state index contributed by atoms with van der Waals surface area (Å²) >= 11 is 1.77. The van der Waals surface area contributed by atoms with Gasteiger partial charge in [-0.25, -0.2) is 0 Å². The van der Waals surface area contributed by atoms with Gasteiger partial charge >= 0.3 is 0 Å². The number of nitrogens with zero attached hydrogens (tertiary/aromatic N) is 1. The fraction of sp³-hybridized carbons (Fsp3) is 0.500. The second-order valence-corrected chi connectivity index (χ2v) is 5.79. The summed E-state index contributed by atoms with van der Waals surface area (Å²) in [6.07, 6.45) is 3.14. The van der Waals surface area contributed by atoms with E-state index in [2.05, 4.69) is 18.2 Å². The van der Waals surface area contributed by atoms with E-state index in [4.69, 9.17) is 4.74 Å². The standard InChI is InChI=1S/C14H17NOS/c15-10-14(9-12-5-2-1-3-6-12)17-13-7-4-8-16-11-13/h1-3,5-6,13-14H,4,7-9,11H2. The SMILES string of the molecule is N#CC(Cc1ccccc1)SC1CCCOC1. The Balaban J connectivity index is 1.86. The van der Waals surface area contributed by atoms with E-state index < -0.39 is 0 Å². The minimum Gasteiger partial charge on any atom is -0.380 e. The molecule has 1 aromatic rings. The second-order valence-electron chi connectivity index (χ2n) is 4.28. The van der Waals surface area contributed by atoms with Gasteiger partial charge in [-0.2, -0.15) is 5.26 Å². The Morgan fingerprint density at radius 2 is 2.24 bits per heavy atom. The van der Waals surface area contributed by atoms with Crippen LogP contribution in [0, 0.1) is 11.3 Å². The highest BCUT2D eigenvalue weighted by atomic mass is 32.2. The average Bonchev–Trinajstić information content (AvgIpc) is 2.40. The Kier molecular flexibility index (Phi) is 4.90. The van der Waals surface area contributed by atoms with Crippen molar-refractivity contribution >= 4 is 11.8 Å². The lowest BCUT2D eigenvalue weighted by Crippen LogP contribution is -2.22. The van der Waals surface area contributed by atoms with Crippen molar-refractivity contribution in [2.24, 2.45) is 0 Å². The molecular weight excluding hydrogens is 230 g/mol. The Bertz CT molecular complexity index is 368. The third-order valence-electron chi connectivity index (χ3n) is 2.88. The monoisotopic (exact) mass is 247 g/mol. The molecular formula is C14H17NOS. The van der Waals surface area contributed by atoms with Crippen molar-refractivity contribution in [2.45, 2.75) is 29.8 Å². The summed E-state index contributed by atoms with van der Waals surface area (Å²) in [5, 5.41) is 9.75. The highest BCUT2D eigenvalue weighted by Crippen LogP contribution is 2.26. The van der Waals surface area contributed by atoms with Crippen LogP contribution in [0.2, 0.25) is 0 Å². The molecule has 3 heteroatoms. The van der Waals surface area contributed by atoms with Crippen LogP contribution in [0.1, 0.15) is 18.4 Å². The van der Waals surface area contributed by atoms with Gasteiger partial charge in [0, 0.05) is 11.9 Å². The molecule has 90 valence electrons. The molecule has 0 aliphatic carbocycles. The van der Waals surface area contributed by atoms with Crippen molar-refractivity contribution in [1.82, 2.24) is 0 Å². The van der Waals surface area contributed by atoms with Crippen LogP contribution >= 0.6 is 11.8 Å². The Labute approximate surface area is 107 Å². The number of hydrogen-bond acceptors (Lipinski definition) is 3. The van der Waals surface area contributed by atoms with Crippen molar-refractivity contribution in [3.8, 4) is 6.07 Å². The molecule has 0 amide bonds. The molecule has 0 radical (unpaired) electrons. The van der Waals surface area contributed by atoms with Gasteiger partial charge in [0.15, 0.2) is 0 Å². The fourth-order valence-electron chi connectivity index (χ4n) is 2.00. The van der Waals surface area contributed by atoms with E-state index in [9.17, 15) is 5.26 Å². The Hall–Kier alpha value is -0.980. The minimum absolute atomic E-state index is 0.0455. The zero-order valence-corrected chi connectivity index (χ0v) is 10.7. The molecule has 1 fully saturated rings. The van der Waals surface area contributed by atoms with Crippen molar-refractivity contribution in [3.05, 3.63) is 35.9 Å². The average molecular weight is 247 g/mol. The van der Waals surface area contributed by atoms with Crippen LogP contribution < -0.4 is 0 Å². The van der Waals surface area contributed by atoms with Crippen LogP contribution in [0.15, 0.2) is 30.3 Å². The molecule has 2 atom stereocenters. The summed E-state index contributed by atoms with van der Waals surface area (Å²) in [6.45, 7) is 1.69. The van der Waals surface area contributed by atoms with Gasteiger partial charge in [0.05, 0.1) is 17.9 Å². The van der Waals surface area contributed by atoms with E-state index in [1.54, 1.807) is 11.8 Å². The number of thioether (sulfide) groups is 1. The maximum atomic E-state index is 9.21. The Morgan fingerprint density at radius 1 is 1.41 bits per heavy atom. The topological polar surface area (TPSA) is 33.0 Å². The van der Waals surface area contributed by atoms with Gasteiger partial charge in [0.1, 0.15) is 0 Å². The quantitative estimate of drug-likeness (QED) is 0.820. The largest absolute Gasteiger partial charge is 0.380 e. The van der Waals surface area contributed by atoms with Crippen LogP contribution in [0.4, 0.5) is 0 Å². The molecule has 0 N–H and O–H groups in total. The number of ether oxygens (including phenoxy) is 1. The van der Waals surface area contributed by atoms with E-state index in [1.165, 1.54) is 12.0 Å². The second kappa shape index (κ2) is 6.68. The minimum atomic E-state index is 0.0455. The predicted octanol–water partition coefficient (Wildman–Crippen LogP) is 3.03. The number of nitriles is 1. The van der Waals surface area contributed by atoms with Crippen LogP contribution in [-0.2, 0) is 11.2 Å². The molecule has 2 unspecified atom stereocenters. The summed E-state index contributed by atoms with van der Waals surface area (Å²) in [6, 6.07) is 12.6. The molecule has 1 aliphatic heterocycles. The first-order chi connectivity index (χ1) is 8.38. The lowest BCUT2D eigenvalue weighted by atomic mass is 10.1. The molecule has 17 heavy (non-hydrogen) atoms. The zero-order valence-electron chi connectivity index (χ0n) is 9.84. The van der Waals surface area contributed by atoms with Gasteiger partial charge < -0.3 is 4.74 Å². The third kappa shape index (κ3) is 4.07. The molecule has 0 aromatic heterocycles. The Morgan fingerprint density at radius 3 is 2.88 bits per heavy atom. The van der Waals surface area contributed by atoms with Crippen LogP contribution in [0.3, 0.4) is 0 Å². The van der Waals surface area contributed by atoms with Gasteiger partial charge in [-0.1, -0.05) is 30.3 Å². The summed E-state index contributed by atoms with van der Waals surface area (Å²) in [5.74, 6) is 0. The van der Waals surface area contributed by atoms with Crippen LogP contribution in [0.5, 0.6) is 0 Å². The molecule has 0 bridgehead atoms. The third-order valence-corrected chi connectivity index (χ3v) is 4.24. The first kappa shape index (κ1) is 12.5. The van der Waals surface area contributed by atoms with Gasteiger partial charge in [0.2, 0.25) is 0 Å². The summed E-state index contributed by atoms with van der Waals surface area (Å²) in [5.41, 5.74) is 1.24. The van der Waals surface area contributed by atoms with Gasteiger partial charge in [0.25, 0.3) is 0 Å². The molecule has 2 rings (SSSR count). The highest BCUT2D eigenvalue weighted by molar-refractivity contribution is 8.00. The first-order valence-electron chi connectivity index (χ1n) is 6.05. The van der Waals surface area contributed by atoms with Gasteiger partial charge in [-0.05, 0) is 24.8 Å². The smallest absolute Gasteiger partial charge is 0.0960 e. The maximum Gasteiger partial charge on any atom is 0.0960 e. The van der Waals surface area contributed by atoms with E-state index >= 15 is 0 Å². The van der Waals surface area contributed by atoms with Crippen LogP contribution in [-0.4, -0.2) is 23.7 Å². The van der Waals surface area contributed by atoms with Gasteiger partial charge in [-0.15, -0.1) is 11.8 Å². The van der Waals surface area contributed by atoms with E-state index in [0.717, 1.165) is 26.1 Å². The molecule has 0 spiro atoms. The molecule has 1 saturated heterocycles. The van der Waals surface area contributed by atoms with Gasteiger partial charge in [-0.3, -0.25) is 0 Å². The summed E-state index contributed by atoms with van der Waals surface area (Å²) in [7, 11) is 0. The molecule has 1 aromatic carbocycles. The van der Waals surface area contributed by atoms with Crippen LogP contribution in [0.25, 0.3) is 0 Å². The first-order valence-corrected chi connectivity index (χ1v) is 6.99. The van der Waals surface area contributed by atoms with Crippen molar-refractivity contribution < 1.29 is 4.74 Å². The lowest BCUT2D eigenvalue weighted by Gasteiger charge is -2.23. The number of benzene rings is 1. The summed E-state index contributed by atoms with van der Waals surface area (Å²) in [4.78, 5) is 0. The number of rotatable bonds is 4. The normalized spacial score (nSPS) is 21.7.